The van der Waals surface area contributed by atoms with Gasteiger partial charge in [-0.15, -0.1) is 0 Å². The topological polar surface area (TPSA) is 76.0 Å². The lowest BCUT2D eigenvalue weighted by atomic mass is 10.0. The Bertz CT molecular complexity index is 1330. The summed E-state index contributed by atoms with van der Waals surface area (Å²) in [6, 6.07) is 13.7. The van der Waals surface area contributed by atoms with Gasteiger partial charge < -0.3 is 15.2 Å². The lowest BCUT2D eigenvalue weighted by Gasteiger charge is -2.14. The van der Waals surface area contributed by atoms with Crippen molar-refractivity contribution in [1.29, 1.82) is 0 Å². The summed E-state index contributed by atoms with van der Waals surface area (Å²) in [6.07, 6.45) is 5.14. The van der Waals surface area contributed by atoms with Crippen LogP contribution in [0.2, 0.25) is 0 Å². The fourth-order valence-corrected chi connectivity index (χ4v) is 3.57. The monoisotopic (exact) mass is 416 g/mol. The maximum absolute atomic E-state index is 14.7. The Morgan fingerprint density at radius 2 is 1.77 bits per heavy atom. The van der Waals surface area contributed by atoms with Crippen molar-refractivity contribution in [3.63, 3.8) is 0 Å². The van der Waals surface area contributed by atoms with Gasteiger partial charge in [-0.3, -0.25) is 14.6 Å². The molecule has 0 fully saturated rings. The minimum Gasteiger partial charge on any atom is -0.388 e. The molecule has 2 heterocycles. The number of halogens is 1. The first kappa shape index (κ1) is 20.3. The summed E-state index contributed by atoms with van der Waals surface area (Å²) in [4.78, 5) is 28.5. The molecule has 0 saturated carbocycles. The number of hydrogen-bond acceptors (Lipinski definition) is 4. The third-order valence-electron chi connectivity index (χ3n) is 5.08. The molecule has 4 rings (SSSR count). The van der Waals surface area contributed by atoms with Crippen molar-refractivity contribution < 1.29 is 9.18 Å². The van der Waals surface area contributed by atoms with E-state index < -0.39 is 5.82 Å². The van der Waals surface area contributed by atoms with Crippen LogP contribution in [0.15, 0.2) is 71.9 Å². The van der Waals surface area contributed by atoms with Crippen molar-refractivity contribution in [2.45, 2.75) is 13.5 Å². The van der Waals surface area contributed by atoms with Gasteiger partial charge in [0.05, 0.1) is 6.54 Å². The number of amides is 1. The molecule has 2 N–H and O–H groups in total. The highest BCUT2D eigenvalue weighted by Gasteiger charge is 2.13. The van der Waals surface area contributed by atoms with Gasteiger partial charge in [-0.2, -0.15) is 0 Å². The van der Waals surface area contributed by atoms with E-state index in [0.29, 0.717) is 16.6 Å². The Kier molecular flexibility index (Phi) is 5.49. The van der Waals surface area contributed by atoms with Crippen LogP contribution in [-0.4, -0.2) is 22.5 Å². The molecular weight excluding hydrogens is 395 g/mol. The molecule has 0 bridgehead atoms. The molecule has 0 aliphatic heterocycles. The largest absolute Gasteiger partial charge is 0.388 e. The van der Waals surface area contributed by atoms with E-state index in [9.17, 15) is 14.0 Å². The molecule has 31 heavy (non-hydrogen) atoms. The first-order chi connectivity index (χ1) is 15.0. The third-order valence-corrected chi connectivity index (χ3v) is 5.08. The molecule has 7 heteroatoms. The van der Waals surface area contributed by atoms with Crippen LogP contribution in [-0.2, 0) is 11.3 Å². The second-order valence-electron chi connectivity index (χ2n) is 7.21. The van der Waals surface area contributed by atoms with Crippen molar-refractivity contribution in [3.8, 4) is 11.1 Å². The highest BCUT2D eigenvalue weighted by Crippen LogP contribution is 2.29. The molecule has 0 saturated heterocycles. The average molecular weight is 416 g/mol. The molecule has 2 aromatic carbocycles. The highest BCUT2D eigenvalue weighted by molar-refractivity contribution is 5.97. The number of anilines is 2. The zero-order chi connectivity index (χ0) is 22.0. The summed E-state index contributed by atoms with van der Waals surface area (Å²) in [6.45, 7) is 1.42. The van der Waals surface area contributed by atoms with E-state index in [0.717, 1.165) is 22.2 Å². The molecule has 0 aliphatic carbocycles. The second kappa shape index (κ2) is 8.39. The van der Waals surface area contributed by atoms with Gasteiger partial charge in [-0.05, 0) is 53.4 Å². The van der Waals surface area contributed by atoms with Crippen molar-refractivity contribution >= 4 is 28.1 Å². The number of pyridine rings is 2. The van der Waals surface area contributed by atoms with Gasteiger partial charge in [0.25, 0.3) is 5.56 Å². The molecule has 0 unspecified atom stereocenters. The van der Waals surface area contributed by atoms with Crippen molar-refractivity contribution in [2.75, 3.05) is 17.7 Å². The molecule has 0 atom stereocenters. The Morgan fingerprint density at radius 1 is 1.03 bits per heavy atom. The Labute approximate surface area is 178 Å². The third kappa shape index (κ3) is 4.16. The fourth-order valence-electron chi connectivity index (χ4n) is 3.57. The van der Waals surface area contributed by atoms with E-state index in [4.69, 9.17) is 0 Å². The van der Waals surface area contributed by atoms with Gasteiger partial charge in [0.15, 0.2) is 0 Å². The van der Waals surface area contributed by atoms with E-state index in [2.05, 4.69) is 15.6 Å². The van der Waals surface area contributed by atoms with Gasteiger partial charge in [0.2, 0.25) is 5.91 Å². The molecular formula is C24H21FN4O2. The molecule has 156 valence electrons. The van der Waals surface area contributed by atoms with Crippen LogP contribution in [0.1, 0.15) is 12.5 Å². The van der Waals surface area contributed by atoms with Crippen molar-refractivity contribution in [2.24, 2.45) is 0 Å². The minimum absolute atomic E-state index is 0.0623. The summed E-state index contributed by atoms with van der Waals surface area (Å²) < 4.78 is 16.2. The molecule has 0 aliphatic rings. The molecule has 2 aromatic heterocycles. The number of carbonyl (C=O) groups is 1. The zero-order valence-corrected chi connectivity index (χ0v) is 17.1. The molecule has 4 aromatic rings. The van der Waals surface area contributed by atoms with Crippen molar-refractivity contribution in [3.05, 3.63) is 88.9 Å². The van der Waals surface area contributed by atoms with Crippen LogP contribution in [0.5, 0.6) is 0 Å². The number of hydrogen-bond donors (Lipinski definition) is 2. The number of fused-ring (bicyclic) bond motifs is 1. The number of benzene rings is 2. The molecule has 0 spiro atoms. The summed E-state index contributed by atoms with van der Waals surface area (Å²) in [5.41, 5.74) is 3.16. The zero-order valence-electron chi connectivity index (χ0n) is 17.1. The standard InChI is InChI=1S/C24H21FN4O2/c1-15(30)28-19-4-3-17(23(25)12-19)13-29-14-22(16-7-9-27-10-8-16)21-11-18(26-2)5-6-20(21)24(29)31/h3-12,14,26H,13H2,1-2H3,(H,28,30). The quantitative estimate of drug-likeness (QED) is 0.510. The number of rotatable bonds is 5. The Morgan fingerprint density at radius 3 is 2.45 bits per heavy atom. The van der Waals surface area contributed by atoms with Gasteiger partial charge in [-0.25, -0.2) is 4.39 Å². The number of nitrogens with zero attached hydrogens (tertiary/aromatic N) is 2. The summed E-state index contributed by atoms with van der Waals surface area (Å²) >= 11 is 0. The van der Waals surface area contributed by atoms with E-state index in [-0.39, 0.29) is 18.0 Å². The fraction of sp³-hybridized carbons (Fsp3) is 0.125. The van der Waals surface area contributed by atoms with E-state index >= 15 is 0 Å². The van der Waals surface area contributed by atoms with E-state index in [1.54, 1.807) is 36.8 Å². The first-order valence-corrected chi connectivity index (χ1v) is 9.77. The summed E-state index contributed by atoms with van der Waals surface area (Å²) in [5, 5.41) is 7.00. The lowest BCUT2D eigenvalue weighted by Crippen LogP contribution is -2.21. The minimum atomic E-state index is -0.491. The number of carbonyl (C=O) groups excluding carboxylic acids is 1. The Balaban J connectivity index is 1.85. The maximum Gasteiger partial charge on any atom is 0.258 e. The Hall–Kier alpha value is -4.00. The van der Waals surface area contributed by atoms with Crippen LogP contribution in [0, 0.1) is 5.82 Å². The van der Waals surface area contributed by atoms with Crippen LogP contribution in [0.25, 0.3) is 21.9 Å². The molecule has 1 amide bonds. The van der Waals surface area contributed by atoms with Gasteiger partial charge in [0, 0.05) is 60.4 Å². The summed E-state index contributed by atoms with van der Waals surface area (Å²) in [7, 11) is 1.82. The van der Waals surface area contributed by atoms with E-state index in [1.165, 1.54) is 17.6 Å². The summed E-state index contributed by atoms with van der Waals surface area (Å²) in [5.74, 6) is -0.768. The predicted molar refractivity (Wildman–Crippen MR) is 121 cm³/mol. The van der Waals surface area contributed by atoms with Crippen LogP contribution < -0.4 is 16.2 Å². The van der Waals surface area contributed by atoms with Gasteiger partial charge >= 0.3 is 0 Å². The number of aromatic nitrogens is 2. The maximum atomic E-state index is 14.7. The van der Waals surface area contributed by atoms with Crippen LogP contribution in [0.3, 0.4) is 0 Å². The highest BCUT2D eigenvalue weighted by atomic mass is 19.1. The van der Waals surface area contributed by atoms with Gasteiger partial charge in [-0.1, -0.05) is 6.07 Å². The van der Waals surface area contributed by atoms with E-state index in [1.807, 2.05) is 31.3 Å². The second-order valence-corrected chi connectivity index (χ2v) is 7.21. The normalized spacial score (nSPS) is 10.8. The van der Waals surface area contributed by atoms with Crippen molar-refractivity contribution in [1.82, 2.24) is 9.55 Å². The van der Waals surface area contributed by atoms with Gasteiger partial charge in [0.1, 0.15) is 5.82 Å². The average Bonchev–Trinajstić information content (AvgIpc) is 2.77. The van der Waals surface area contributed by atoms with Crippen LogP contribution >= 0.6 is 0 Å². The smallest absolute Gasteiger partial charge is 0.258 e. The SMILES string of the molecule is CNc1ccc2c(=O)n(Cc3ccc(NC(C)=O)cc3F)cc(-c3ccncc3)c2c1. The number of nitrogens with one attached hydrogen (secondary N) is 2. The molecule has 6 nitrogen and oxygen atoms in total. The van der Waals surface area contributed by atoms with Crippen LogP contribution in [0.4, 0.5) is 15.8 Å². The predicted octanol–water partition coefficient (Wildman–Crippen LogP) is 4.25. The lowest BCUT2D eigenvalue weighted by molar-refractivity contribution is -0.114. The molecule has 0 radical (unpaired) electrons. The first-order valence-electron chi connectivity index (χ1n) is 9.77.